The Morgan fingerprint density at radius 1 is 0.416 bits per heavy atom. The number of anilines is 1. The number of rotatable bonds is 16. The van der Waals surface area contributed by atoms with Crippen molar-refractivity contribution in [2.24, 2.45) is 11.5 Å². The van der Waals surface area contributed by atoms with Crippen molar-refractivity contribution in [2.75, 3.05) is 48.3 Å². The largest absolute Gasteiger partial charge is 0.497 e. The van der Waals surface area contributed by atoms with Crippen LogP contribution in [-0.2, 0) is 88.5 Å². The molecular weight excluding hydrogens is 1590 g/mol. The van der Waals surface area contributed by atoms with Gasteiger partial charge in [0.2, 0.25) is 0 Å². The van der Waals surface area contributed by atoms with E-state index in [1.807, 2.05) is 212 Å². The van der Waals surface area contributed by atoms with Crippen LogP contribution in [0.1, 0.15) is 182 Å². The van der Waals surface area contributed by atoms with Gasteiger partial charge >= 0.3 is 18.3 Å². The third-order valence-electron chi connectivity index (χ3n) is 21.7. The van der Waals surface area contributed by atoms with Crippen LogP contribution in [0.2, 0.25) is 0 Å². The number of methoxy groups -OCH3 is 4. The van der Waals surface area contributed by atoms with Gasteiger partial charge < -0.3 is 71.2 Å². The number of nitrogens with zero attached hydrogens (tertiary/aromatic N) is 12. The van der Waals surface area contributed by atoms with Crippen LogP contribution in [0.5, 0.6) is 23.0 Å². The van der Waals surface area contributed by atoms with E-state index in [1.54, 1.807) is 45.4 Å². The van der Waals surface area contributed by atoms with Gasteiger partial charge in [0.05, 0.1) is 79.4 Å². The van der Waals surface area contributed by atoms with Gasteiger partial charge in [-0.25, -0.2) is 48.1 Å². The second-order valence-corrected chi connectivity index (χ2v) is 35.4. The Morgan fingerprint density at radius 2 is 0.736 bits per heavy atom. The lowest BCUT2D eigenvalue weighted by Gasteiger charge is -2.27. The number of fused-ring (bicyclic) bond motifs is 9. The minimum atomic E-state index is -0.503. The molecule has 7 aromatic heterocycles. The summed E-state index contributed by atoms with van der Waals surface area (Å²) in [5.74, 6) is 4.54. The molecule has 0 aliphatic heterocycles. The number of Topliss-reactive ketones (excluding diaryl/α,β-unsaturated/α-hetero) is 2. The van der Waals surface area contributed by atoms with E-state index in [0.29, 0.717) is 64.1 Å². The van der Waals surface area contributed by atoms with E-state index in [0.717, 1.165) is 133 Å². The Bertz CT molecular complexity index is 5310. The first-order chi connectivity index (χ1) is 59.6. The molecule has 0 radical (unpaired) electrons. The van der Waals surface area contributed by atoms with Crippen molar-refractivity contribution in [3.05, 3.63) is 214 Å². The second-order valence-electron chi connectivity index (χ2n) is 35.4. The van der Waals surface area contributed by atoms with Crippen molar-refractivity contribution in [3.8, 4) is 23.0 Å². The molecule has 4 atom stereocenters. The van der Waals surface area contributed by atoms with Crippen molar-refractivity contribution in [2.45, 2.75) is 238 Å². The highest BCUT2D eigenvalue weighted by Crippen LogP contribution is 2.33. The second kappa shape index (κ2) is 42.8. The van der Waals surface area contributed by atoms with E-state index < -0.39 is 22.9 Å². The number of carbonyl (C=O) groups excluding carboxylic acids is 5. The van der Waals surface area contributed by atoms with E-state index in [2.05, 4.69) is 75.6 Å². The summed E-state index contributed by atoms with van der Waals surface area (Å²) < 4.78 is 44.1. The van der Waals surface area contributed by atoms with Crippen LogP contribution in [0, 0.1) is 0 Å². The van der Waals surface area contributed by atoms with E-state index >= 15 is 0 Å². The summed E-state index contributed by atoms with van der Waals surface area (Å²) in [7, 11) is 10.4. The minimum Gasteiger partial charge on any atom is -0.497 e. The molecule has 30 nitrogen and oxygen atoms in total. The molecule has 9 N–H and O–H groups in total. The highest BCUT2D eigenvalue weighted by Gasteiger charge is 2.30. The van der Waals surface area contributed by atoms with Gasteiger partial charge in [-0.2, -0.15) is 20.4 Å². The SMILES string of the molecule is CC(C)(C)OC(=O)NC1CCC(=O)CC1.CN(C)/C=C1\CC(NC(=O)OC(C)(C)C)CCC1=O.COc1ccc(Cn2ncc3c4c(cnc32)CC(N)CC4)cc1.COc1ccc(Cn2ncc3c4c(cnc32)CC(N)CC4)cc1.COc1ccc(Cn2ncc3c4c(cnc32)CC(NC(=O)OC(C)(C)C)CC4)cc1.COc1ccc(Cn2nccc2N)cc1. The zero-order valence-corrected chi connectivity index (χ0v) is 75.0. The fraction of sp³-hybridized carbons (Fsp3) is 0.453. The molecule has 0 bridgehead atoms. The number of hydrogen-bond acceptors (Lipinski definition) is 23. The standard InChI is InChI=1S/C23H28N4O3.2C18H20N4O.C14H24N2O3.C11H13N3O.C11H19NO3/c1-23(2,3)30-22(28)26-17-7-10-19-16(11-17)12-24-21-20(19)13-25-27(21)14-15-5-8-18(29-4)9-6-15;2*1-23-15-5-2-12(3-6-15)11-22-18-17(10-21-22)16-7-4-14(19)8-13(16)9-20-18;1-14(2,3)19-13(18)15-11-6-7-12(17)10(8-11)9-16(4)5;1-15-10-4-2-9(3-5-10)8-14-11(12)6-7-13-14;1-11(2,3)15-10(14)12-8-4-6-9(13)7-5-8/h5-6,8-9,12-13,17H,7,10-11,14H2,1-4H3,(H,26,28);2*2-3,5-6,9-10,14H,4,7-8,11,19H2,1H3;9,11H,6-8H2,1-5H3,(H,15,18);2-7H,8,12H2,1H3;8H,4-7H2,1-3H3,(H,12,14)/b;;;10-9+;;. The molecule has 7 heterocycles. The molecule has 0 saturated heterocycles. The van der Waals surface area contributed by atoms with Gasteiger partial charge in [0, 0.05) is 110 Å². The van der Waals surface area contributed by atoms with Gasteiger partial charge in [0.25, 0.3) is 0 Å². The molecule has 5 aliphatic carbocycles. The number of nitrogen functional groups attached to an aromatic ring is 1. The lowest BCUT2D eigenvalue weighted by Crippen LogP contribution is -2.41. The lowest BCUT2D eigenvalue weighted by molar-refractivity contribution is -0.120. The normalized spacial score (nSPS) is 17.1. The number of ether oxygens (including phenoxy) is 7. The molecule has 30 heteroatoms. The van der Waals surface area contributed by atoms with E-state index in [4.69, 9.17) is 50.4 Å². The number of ketones is 2. The third-order valence-corrected chi connectivity index (χ3v) is 21.7. The van der Waals surface area contributed by atoms with Gasteiger partial charge in [-0.3, -0.25) is 9.59 Å². The molecule has 2 saturated carbocycles. The van der Waals surface area contributed by atoms with Crippen molar-refractivity contribution in [1.82, 2.24) is 74.9 Å². The van der Waals surface area contributed by atoms with Crippen LogP contribution < -0.4 is 52.1 Å². The Labute approximate surface area is 732 Å². The molecule has 5 aliphatic rings. The number of benzene rings is 4. The first-order valence-corrected chi connectivity index (χ1v) is 42.8. The number of pyridine rings is 3. The maximum atomic E-state index is 12.1. The van der Waals surface area contributed by atoms with Gasteiger partial charge in [0.15, 0.2) is 22.7 Å². The summed E-state index contributed by atoms with van der Waals surface area (Å²) in [6.45, 7) is 19.3. The summed E-state index contributed by atoms with van der Waals surface area (Å²) in [4.78, 5) is 73.7. The lowest BCUT2D eigenvalue weighted by atomic mass is 9.88. The average molecular weight is 1710 g/mol. The molecule has 11 aromatic rings. The maximum absolute atomic E-state index is 12.1. The Balaban J connectivity index is 0.000000148. The van der Waals surface area contributed by atoms with Crippen molar-refractivity contribution < 1.29 is 57.1 Å². The molecule has 666 valence electrons. The molecular formula is C95H124N18O12. The number of alkyl carbamates (subject to hydrolysis) is 3. The van der Waals surface area contributed by atoms with Crippen LogP contribution in [0.4, 0.5) is 20.2 Å². The predicted molar refractivity (Wildman–Crippen MR) is 483 cm³/mol. The van der Waals surface area contributed by atoms with Gasteiger partial charge in [-0.05, 0) is 256 Å². The predicted octanol–water partition coefficient (Wildman–Crippen LogP) is 14.1. The number of carbonyl (C=O) groups is 5. The summed E-state index contributed by atoms with van der Waals surface area (Å²) in [6, 6.07) is 34.4. The third kappa shape index (κ3) is 27.5. The van der Waals surface area contributed by atoms with Crippen LogP contribution in [-0.4, -0.2) is 178 Å². The topological polar surface area (TPSA) is 377 Å². The monoisotopic (exact) mass is 1710 g/mol. The molecule has 2 fully saturated rings. The summed E-state index contributed by atoms with van der Waals surface area (Å²) >= 11 is 0. The molecule has 3 amide bonds. The molecule has 4 aromatic carbocycles. The fourth-order valence-electron chi connectivity index (χ4n) is 15.5. The number of nitrogens with one attached hydrogen (secondary N) is 3. The molecule has 125 heavy (non-hydrogen) atoms. The quantitative estimate of drug-likeness (QED) is 0.0386. The average Bonchev–Trinajstić information content (AvgIpc) is 1.67. The van der Waals surface area contributed by atoms with Gasteiger partial charge in [-0.15, -0.1) is 0 Å². The number of amides is 3. The highest BCUT2D eigenvalue weighted by atomic mass is 16.6. The number of aromatic nitrogens is 11. The van der Waals surface area contributed by atoms with Crippen LogP contribution in [0.15, 0.2) is 158 Å². The number of nitrogens with two attached hydrogens (primary N) is 3. The zero-order valence-electron chi connectivity index (χ0n) is 75.0. The highest BCUT2D eigenvalue weighted by molar-refractivity contribution is 5.96. The number of hydrogen-bond donors (Lipinski definition) is 6. The van der Waals surface area contributed by atoms with Gasteiger partial charge in [0.1, 0.15) is 51.4 Å². The van der Waals surface area contributed by atoms with Crippen LogP contribution in [0.3, 0.4) is 0 Å². The van der Waals surface area contributed by atoms with E-state index in [1.165, 1.54) is 55.3 Å². The minimum absolute atomic E-state index is 0.0289. The van der Waals surface area contributed by atoms with E-state index in [-0.39, 0.29) is 54.0 Å². The van der Waals surface area contributed by atoms with Crippen LogP contribution >= 0.6 is 0 Å². The van der Waals surface area contributed by atoms with Crippen LogP contribution in [0.25, 0.3) is 33.1 Å². The summed E-state index contributed by atoms with van der Waals surface area (Å²) in [5, 5.41) is 29.8. The van der Waals surface area contributed by atoms with Gasteiger partial charge in [-0.1, -0.05) is 48.5 Å². The smallest absolute Gasteiger partial charge is 0.407 e. The van der Waals surface area contributed by atoms with E-state index in [9.17, 15) is 24.0 Å². The van der Waals surface area contributed by atoms with Crippen molar-refractivity contribution in [1.29, 1.82) is 0 Å². The Kier molecular flexibility index (Phi) is 31.9. The molecule has 0 spiro atoms. The first kappa shape index (κ1) is 93.3. The van der Waals surface area contributed by atoms with Crippen molar-refractivity contribution >= 4 is 68.8 Å². The molecule has 16 rings (SSSR count). The summed E-state index contributed by atoms with van der Waals surface area (Å²) in [5.41, 5.74) is 32.3. The fourth-order valence-corrected chi connectivity index (χ4v) is 15.5. The Morgan fingerprint density at radius 3 is 1.07 bits per heavy atom. The first-order valence-electron chi connectivity index (χ1n) is 42.8. The van der Waals surface area contributed by atoms with Crippen molar-refractivity contribution in [3.63, 3.8) is 0 Å². The maximum Gasteiger partial charge on any atom is 0.407 e. The Hall–Kier alpha value is -12.4. The summed E-state index contributed by atoms with van der Waals surface area (Å²) in [6.07, 6.45) is 26.8. The number of aryl methyl sites for hydroxylation is 3. The zero-order chi connectivity index (χ0) is 89.7. The molecule has 4 unspecified atom stereocenters.